The molecule has 0 aliphatic carbocycles. The SMILES string of the molecule is CCCNCC(CC(C)C)CC(CC)CC. The highest BCUT2D eigenvalue weighted by atomic mass is 14.8. The molecule has 0 aromatic rings. The van der Waals surface area contributed by atoms with Gasteiger partial charge in [0.15, 0.2) is 0 Å². The van der Waals surface area contributed by atoms with Gasteiger partial charge in [0, 0.05) is 0 Å². The molecule has 0 amide bonds. The smallest absolute Gasteiger partial charge is 0.00203 e. The van der Waals surface area contributed by atoms with E-state index in [1.54, 1.807) is 0 Å². The molecule has 0 spiro atoms. The Hall–Kier alpha value is -0.0400. The minimum atomic E-state index is 0.836. The van der Waals surface area contributed by atoms with E-state index in [2.05, 4.69) is 39.9 Å². The quantitative estimate of drug-likeness (QED) is 0.543. The highest BCUT2D eigenvalue weighted by Gasteiger charge is 2.15. The second kappa shape index (κ2) is 10.1. The summed E-state index contributed by atoms with van der Waals surface area (Å²) in [6.07, 6.45) is 6.74. The van der Waals surface area contributed by atoms with Gasteiger partial charge in [0.2, 0.25) is 0 Å². The van der Waals surface area contributed by atoms with Crippen LogP contribution >= 0.6 is 0 Å². The first-order valence-electron chi connectivity index (χ1n) is 7.34. The lowest BCUT2D eigenvalue weighted by Crippen LogP contribution is -2.26. The molecule has 0 aromatic heterocycles. The number of hydrogen-bond acceptors (Lipinski definition) is 1. The Morgan fingerprint density at radius 3 is 1.94 bits per heavy atom. The molecule has 0 rings (SSSR count). The highest BCUT2D eigenvalue weighted by molar-refractivity contribution is 4.69. The minimum absolute atomic E-state index is 0.836. The number of nitrogens with one attached hydrogen (secondary N) is 1. The molecule has 1 N–H and O–H groups in total. The van der Waals surface area contributed by atoms with Gasteiger partial charge in [0.05, 0.1) is 0 Å². The monoisotopic (exact) mass is 227 g/mol. The van der Waals surface area contributed by atoms with E-state index < -0.39 is 0 Å². The zero-order valence-electron chi connectivity index (χ0n) is 12.2. The number of hydrogen-bond donors (Lipinski definition) is 1. The van der Waals surface area contributed by atoms with Crippen molar-refractivity contribution in [2.24, 2.45) is 17.8 Å². The standard InChI is InChI=1S/C15H33N/c1-6-9-16-12-15(10-13(4)5)11-14(7-2)8-3/h13-16H,6-12H2,1-5H3. The second-order valence-electron chi connectivity index (χ2n) is 5.62. The van der Waals surface area contributed by atoms with Crippen molar-refractivity contribution in [3.05, 3.63) is 0 Å². The van der Waals surface area contributed by atoms with Gasteiger partial charge in [-0.2, -0.15) is 0 Å². The maximum Gasteiger partial charge on any atom is -0.00203 e. The molecule has 1 nitrogen and oxygen atoms in total. The van der Waals surface area contributed by atoms with E-state index in [9.17, 15) is 0 Å². The zero-order chi connectivity index (χ0) is 12.4. The Balaban J connectivity index is 3.97. The van der Waals surface area contributed by atoms with Crippen LogP contribution in [0.1, 0.15) is 66.7 Å². The Morgan fingerprint density at radius 2 is 1.50 bits per heavy atom. The summed E-state index contributed by atoms with van der Waals surface area (Å²) in [7, 11) is 0. The molecule has 0 saturated carbocycles. The Labute approximate surface area is 103 Å². The van der Waals surface area contributed by atoms with E-state index in [-0.39, 0.29) is 0 Å². The first-order chi connectivity index (χ1) is 7.63. The van der Waals surface area contributed by atoms with Gasteiger partial charge in [-0.1, -0.05) is 47.5 Å². The highest BCUT2D eigenvalue weighted by Crippen LogP contribution is 2.23. The van der Waals surface area contributed by atoms with Crippen molar-refractivity contribution in [3.8, 4) is 0 Å². The van der Waals surface area contributed by atoms with Crippen molar-refractivity contribution in [3.63, 3.8) is 0 Å². The summed E-state index contributed by atoms with van der Waals surface area (Å²) < 4.78 is 0. The van der Waals surface area contributed by atoms with Crippen LogP contribution in [0.25, 0.3) is 0 Å². The van der Waals surface area contributed by atoms with Gasteiger partial charge in [-0.25, -0.2) is 0 Å². The molecule has 16 heavy (non-hydrogen) atoms. The van der Waals surface area contributed by atoms with Crippen molar-refractivity contribution in [2.45, 2.75) is 66.7 Å². The fourth-order valence-electron chi connectivity index (χ4n) is 2.51. The van der Waals surface area contributed by atoms with Crippen LogP contribution in [-0.2, 0) is 0 Å². The summed E-state index contributed by atoms with van der Waals surface area (Å²) in [5.74, 6) is 2.66. The first-order valence-corrected chi connectivity index (χ1v) is 7.34. The largest absolute Gasteiger partial charge is 0.316 e. The van der Waals surface area contributed by atoms with E-state index in [0.717, 1.165) is 17.8 Å². The predicted molar refractivity (Wildman–Crippen MR) is 74.8 cm³/mol. The Kier molecular flexibility index (Phi) is 10.1. The van der Waals surface area contributed by atoms with E-state index >= 15 is 0 Å². The molecule has 0 saturated heterocycles. The van der Waals surface area contributed by atoms with E-state index in [1.807, 2.05) is 0 Å². The van der Waals surface area contributed by atoms with Crippen LogP contribution in [0.15, 0.2) is 0 Å². The molecule has 1 atom stereocenters. The van der Waals surface area contributed by atoms with Crippen LogP contribution < -0.4 is 5.32 Å². The maximum absolute atomic E-state index is 3.59. The van der Waals surface area contributed by atoms with Gasteiger partial charge < -0.3 is 5.32 Å². The van der Waals surface area contributed by atoms with Crippen molar-refractivity contribution >= 4 is 0 Å². The third kappa shape index (κ3) is 8.15. The van der Waals surface area contributed by atoms with Crippen LogP contribution in [0, 0.1) is 17.8 Å². The van der Waals surface area contributed by atoms with Crippen LogP contribution in [0.4, 0.5) is 0 Å². The summed E-state index contributed by atoms with van der Waals surface area (Å²) >= 11 is 0. The van der Waals surface area contributed by atoms with Gasteiger partial charge >= 0.3 is 0 Å². The van der Waals surface area contributed by atoms with Crippen molar-refractivity contribution in [1.29, 1.82) is 0 Å². The molecule has 1 unspecified atom stereocenters. The summed E-state index contributed by atoms with van der Waals surface area (Å²) in [5, 5.41) is 3.59. The van der Waals surface area contributed by atoms with E-state index in [0.29, 0.717) is 0 Å². The second-order valence-corrected chi connectivity index (χ2v) is 5.62. The molecule has 0 aromatic carbocycles. The van der Waals surface area contributed by atoms with Gasteiger partial charge in [0.25, 0.3) is 0 Å². The zero-order valence-corrected chi connectivity index (χ0v) is 12.2. The van der Waals surface area contributed by atoms with Gasteiger partial charge in [0.1, 0.15) is 0 Å². The van der Waals surface area contributed by atoms with Crippen molar-refractivity contribution in [1.82, 2.24) is 5.32 Å². The Morgan fingerprint density at radius 1 is 0.875 bits per heavy atom. The van der Waals surface area contributed by atoms with Gasteiger partial charge in [-0.15, -0.1) is 0 Å². The summed E-state index contributed by atoms with van der Waals surface area (Å²) in [5.41, 5.74) is 0. The Bertz CT molecular complexity index is 138. The van der Waals surface area contributed by atoms with Crippen molar-refractivity contribution < 1.29 is 0 Å². The van der Waals surface area contributed by atoms with Crippen LogP contribution in [0.2, 0.25) is 0 Å². The summed E-state index contributed by atoms with van der Waals surface area (Å²) in [6, 6.07) is 0. The van der Waals surface area contributed by atoms with Crippen molar-refractivity contribution in [2.75, 3.05) is 13.1 Å². The van der Waals surface area contributed by atoms with E-state index in [4.69, 9.17) is 0 Å². The van der Waals surface area contributed by atoms with Crippen LogP contribution in [-0.4, -0.2) is 13.1 Å². The molecule has 1 heteroatoms. The molecule has 98 valence electrons. The first kappa shape index (κ1) is 16.0. The molecule has 0 radical (unpaired) electrons. The average molecular weight is 227 g/mol. The number of rotatable bonds is 10. The lowest BCUT2D eigenvalue weighted by Gasteiger charge is -2.24. The summed E-state index contributed by atoms with van der Waals surface area (Å²) in [6.45, 7) is 14.0. The van der Waals surface area contributed by atoms with Crippen LogP contribution in [0.5, 0.6) is 0 Å². The molecule has 0 bridgehead atoms. The maximum atomic E-state index is 3.59. The molecular formula is C15H33N. The van der Waals surface area contributed by atoms with Gasteiger partial charge in [-0.3, -0.25) is 0 Å². The fourth-order valence-corrected chi connectivity index (χ4v) is 2.51. The van der Waals surface area contributed by atoms with Crippen LogP contribution in [0.3, 0.4) is 0 Å². The lowest BCUT2D eigenvalue weighted by molar-refractivity contribution is 0.299. The minimum Gasteiger partial charge on any atom is -0.316 e. The molecule has 0 aliphatic rings. The van der Waals surface area contributed by atoms with E-state index in [1.165, 1.54) is 45.2 Å². The average Bonchev–Trinajstić information content (AvgIpc) is 2.25. The predicted octanol–water partition coefficient (Wildman–Crippen LogP) is 4.47. The van der Waals surface area contributed by atoms with Gasteiger partial charge in [-0.05, 0) is 50.1 Å². The fraction of sp³-hybridized carbons (Fsp3) is 1.00. The third-order valence-corrected chi connectivity index (χ3v) is 3.49. The third-order valence-electron chi connectivity index (χ3n) is 3.49. The molecule has 0 fully saturated rings. The lowest BCUT2D eigenvalue weighted by atomic mass is 9.85. The summed E-state index contributed by atoms with van der Waals surface area (Å²) in [4.78, 5) is 0. The molecular weight excluding hydrogens is 194 g/mol. The molecule has 0 aliphatic heterocycles. The normalized spacial score (nSPS) is 13.7. The molecule has 0 heterocycles. The topological polar surface area (TPSA) is 12.0 Å².